The predicted octanol–water partition coefficient (Wildman–Crippen LogP) is 1.81. The van der Waals surface area contributed by atoms with Crippen molar-refractivity contribution in [2.24, 2.45) is 5.73 Å². The van der Waals surface area contributed by atoms with Gasteiger partial charge in [0.05, 0.1) is 5.69 Å². The third-order valence-electron chi connectivity index (χ3n) is 4.13. The van der Waals surface area contributed by atoms with Gasteiger partial charge in [0.25, 0.3) is 5.91 Å². The van der Waals surface area contributed by atoms with E-state index in [0.717, 1.165) is 44.5 Å². The lowest BCUT2D eigenvalue weighted by Crippen LogP contribution is -2.52. The molecule has 0 aliphatic carbocycles. The van der Waals surface area contributed by atoms with Crippen LogP contribution in [0.1, 0.15) is 56.2 Å². The third kappa shape index (κ3) is 2.87. The summed E-state index contributed by atoms with van der Waals surface area (Å²) in [7, 11) is 0. The molecule has 1 aliphatic heterocycles. The van der Waals surface area contributed by atoms with Crippen molar-refractivity contribution in [2.45, 2.75) is 65.1 Å². The minimum absolute atomic E-state index is 0.0166. The summed E-state index contributed by atoms with van der Waals surface area (Å²) in [6.07, 6.45) is 4.08. The van der Waals surface area contributed by atoms with Gasteiger partial charge < -0.3 is 10.6 Å². The summed E-state index contributed by atoms with van der Waals surface area (Å²) in [5.74, 6) is 0.0843. The number of aromatic nitrogens is 2. The summed E-state index contributed by atoms with van der Waals surface area (Å²) >= 11 is 0. The van der Waals surface area contributed by atoms with Crippen molar-refractivity contribution in [1.29, 1.82) is 0 Å². The van der Waals surface area contributed by atoms with E-state index in [1.54, 1.807) is 0 Å². The Labute approximate surface area is 121 Å². The van der Waals surface area contributed by atoms with Gasteiger partial charge in [0.1, 0.15) is 5.69 Å². The maximum Gasteiger partial charge on any atom is 0.272 e. The topological polar surface area (TPSA) is 64.2 Å². The Hall–Kier alpha value is -1.36. The van der Waals surface area contributed by atoms with Gasteiger partial charge in [-0.25, -0.2) is 0 Å². The molecule has 2 N–H and O–H groups in total. The standard InChI is InChI=1S/C15H26N4O/c1-4-12-10-14(19(5-2)17-12)15(20)18-9-7-6-8-13(18)11(3)16/h10-11,13H,4-9,16H2,1-3H3. The number of amides is 1. The number of hydrogen-bond acceptors (Lipinski definition) is 3. The van der Waals surface area contributed by atoms with Crippen LogP contribution in [-0.2, 0) is 13.0 Å². The molecule has 1 saturated heterocycles. The quantitative estimate of drug-likeness (QED) is 0.913. The van der Waals surface area contributed by atoms with Crippen molar-refractivity contribution in [3.05, 3.63) is 17.5 Å². The first-order valence-corrected chi connectivity index (χ1v) is 7.71. The molecule has 2 heterocycles. The van der Waals surface area contributed by atoms with Gasteiger partial charge in [0.15, 0.2) is 0 Å². The molecular weight excluding hydrogens is 252 g/mol. The highest BCUT2D eigenvalue weighted by atomic mass is 16.2. The van der Waals surface area contributed by atoms with E-state index in [-0.39, 0.29) is 18.0 Å². The van der Waals surface area contributed by atoms with Gasteiger partial charge in [-0.2, -0.15) is 5.10 Å². The van der Waals surface area contributed by atoms with E-state index in [4.69, 9.17) is 5.73 Å². The van der Waals surface area contributed by atoms with E-state index < -0.39 is 0 Å². The Bertz CT molecular complexity index is 466. The highest BCUT2D eigenvalue weighted by Gasteiger charge is 2.31. The Kier molecular flexibility index (Phi) is 4.81. The van der Waals surface area contributed by atoms with Crippen LogP contribution < -0.4 is 5.73 Å². The molecule has 1 aliphatic rings. The largest absolute Gasteiger partial charge is 0.333 e. The lowest BCUT2D eigenvalue weighted by atomic mass is 9.96. The van der Waals surface area contributed by atoms with Crippen LogP contribution in [0.25, 0.3) is 0 Å². The van der Waals surface area contributed by atoms with Crippen LogP contribution in [-0.4, -0.2) is 39.2 Å². The summed E-state index contributed by atoms with van der Waals surface area (Å²) in [4.78, 5) is 14.8. The van der Waals surface area contributed by atoms with Crippen molar-refractivity contribution in [2.75, 3.05) is 6.54 Å². The molecular formula is C15H26N4O. The minimum atomic E-state index is 0.0166. The van der Waals surface area contributed by atoms with Gasteiger partial charge in [-0.1, -0.05) is 6.92 Å². The van der Waals surface area contributed by atoms with Crippen LogP contribution in [0, 0.1) is 0 Å². The first-order valence-electron chi connectivity index (χ1n) is 7.71. The SMILES string of the molecule is CCc1cc(C(=O)N2CCCCC2C(C)N)n(CC)n1. The summed E-state index contributed by atoms with van der Waals surface area (Å²) in [6, 6.07) is 2.10. The molecule has 20 heavy (non-hydrogen) atoms. The second kappa shape index (κ2) is 6.39. The molecule has 1 fully saturated rings. The van der Waals surface area contributed by atoms with Crippen LogP contribution in [0.3, 0.4) is 0 Å². The van der Waals surface area contributed by atoms with Crippen LogP contribution in [0.4, 0.5) is 0 Å². The number of nitrogens with zero attached hydrogens (tertiary/aromatic N) is 3. The summed E-state index contributed by atoms with van der Waals surface area (Å²) in [5, 5.41) is 4.47. The minimum Gasteiger partial charge on any atom is -0.333 e. The van der Waals surface area contributed by atoms with Gasteiger partial charge in [0.2, 0.25) is 0 Å². The molecule has 5 heteroatoms. The van der Waals surface area contributed by atoms with Crippen molar-refractivity contribution in [1.82, 2.24) is 14.7 Å². The number of nitrogens with two attached hydrogens (primary N) is 1. The van der Waals surface area contributed by atoms with E-state index in [1.165, 1.54) is 0 Å². The number of aryl methyl sites for hydroxylation is 2. The Balaban J connectivity index is 2.26. The lowest BCUT2D eigenvalue weighted by molar-refractivity contribution is 0.0571. The molecule has 2 unspecified atom stereocenters. The van der Waals surface area contributed by atoms with Crippen LogP contribution in [0.15, 0.2) is 6.07 Å². The number of piperidine rings is 1. The highest BCUT2D eigenvalue weighted by molar-refractivity contribution is 5.93. The molecule has 112 valence electrons. The fourth-order valence-electron chi connectivity index (χ4n) is 2.96. The number of carbonyl (C=O) groups excluding carboxylic acids is 1. The normalized spacial score (nSPS) is 21.0. The number of carbonyl (C=O) groups is 1. The first-order chi connectivity index (χ1) is 9.58. The average Bonchev–Trinajstić information content (AvgIpc) is 2.89. The average molecular weight is 278 g/mol. The molecule has 0 bridgehead atoms. The van der Waals surface area contributed by atoms with Crippen molar-refractivity contribution >= 4 is 5.91 Å². The molecule has 0 spiro atoms. The van der Waals surface area contributed by atoms with Gasteiger partial charge in [-0.05, 0) is 45.6 Å². The maximum absolute atomic E-state index is 12.8. The Morgan fingerprint density at radius 2 is 2.25 bits per heavy atom. The van der Waals surface area contributed by atoms with E-state index >= 15 is 0 Å². The predicted molar refractivity (Wildman–Crippen MR) is 79.6 cm³/mol. The molecule has 1 aromatic heterocycles. The highest BCUT2D eigenvalue weighted by Crippen LogP contribution is 2.22. The van der Waals surface area contributed by atoms with Crippen LogP contribution >= 0.6 is 0 Å². The third-order valence-corrected chi connectivity index (χ3v) is 4.13. The molecule has 2 atom stereocenters. The maximum atomic E-state index is 12.8. The molecule has 0 aromatic carbocycles. The second-order valence-corrected chi connectivity index (χ2v) is 5.61. The fraction of sp³-hybridized carbons (Fsp3) is 0.733. The van der Waals surface area contributed by atoms with E-state index in [2.05, 4.69) is 12.0 Å². The molecule has 0 saturated carbocycles. The number of likely N-dealkylation sites (tertiary alicyclic amines) is 1. The molecule has 5 nitrogen and oxygen atoms in total. The number of hydrogen-bond donors (Lipinski definition) is 1. The van der Waals surface area contributed by atoms with E-state index in [9.17, 15) is 4.79 Å². The van der Waals surface area contributed by atoms with Crippen LogP contribution in [0.5, 0.6) is 0 Å². The Morgan fingerprint density at radius 1 is 1.50 bits per heavy atom. The molecule has 1 amide bonds. The lowest BCUT2D eigenvalue weighted by Gasteiger charge is -2.38. The zero-order valence-electron chi connectivity index (χ0n) is 12.8. The van der Waals surface area contributed by atoms with Gasteiger partial charge in [-0.3, -0.25) is 9.48 Å². The monoisotopic (exact) mass is 278 g/mol. The molecule has 0 radical (unpaired) electrons. The zero-order valence-corrected chi connectivity index (χ0v) is 12.8. The number of rotatable bonds is 4. The van der Waals surface area contributed by atoms with E-state index in [1.807, 2.05) is 29.5 Å². The van der Waals surface area contributed by atoms with E-state index in [0.29, 0.717) is 5.69 Å². The van der Waals surface area contributed by atoms with Gasteiger partial charge in [0, 0.05) is 25.2 Å². The summed E-state index contributed by atoms with van der Waals surface area (Å²) in [5.41, 5.74) is 7.74. The van der Waals surface area contributed by atoms with Crippen LogP contribution in [0.2, 0.25) is 0 Å². The van der Waals surface area contributed by atoms with Crippen molar-refractivity contribution in [3.63, 3.8) is 0 Å². The first kappa shape index (κ1) is 15.0. The van der Waals surface area contributed by atoms with Gasteiger partial charge >= 0.3 is 0 Å². The fourth-order valence-corrected chi connectivity index (χ4v) is 2.96. The zero-order chi connectivity index (χ0) is 14.7. The Morgan fingerprint density at radius 3 is 2.85 bits per heavy atom. The summed E-state index contributed by atoms with van der Waals surface area (Å²) in [6.45, 7) is 7.59. The van der Waals surface area contributed by atoms with Crippen molar-refractivity contribution in [3.8, 4) is 0 Å². The van der Waals surface area contributed by atoms with Crippen molar-refractivity contribution < 1.29 is 4.79 Å². The smallest absolute Gasteiger partial charge is 0.272 e. The van der Waals surface area contributed by atoms with Gasteiger partial charge in [-0.15, -0.1) is 0 Å². The second-order valence-electron chi connectivity index (χ2n) is 5.61. The molecule has 1 aromatic rings. The summed E-state index contributed by atoms with van der Waals surface area (Å²) < 4.78 is 1.81. The molecule has 2 rings (SSSR count).